The molecule has 0 aliphatic heterocycles. The molecule has 6 heteroatoms. The molecule has 0 aromatic carbocycles. The van der Waals surface area contributed by atoms with E-state index < -0.39 is 12.3 Å². The zero-order valence-electron chi connectivity index (χ0n) is 12.4. The molecule has 0 bridgehead atoms. The topological polar surface area (TPSA) is 71.5 Å². The summed E-state index contributed by atoms with van der Waals surface area (Å²) in [6.45, 7) is 8.98. The monoisotopic (exact) mass is 271 g/mol. The molecule has 2 N–H and O–H groups in total. The maximum Gasteiger partial charge on any atom is 0.178 e. The molecule has 1 heterocycles. The number of hydrogen-bond donors (Lipinski definition) is 1. The standard InChI is InChI=1S/C13H25N3O3/c1-6-18-13(19-7-2)11(14)12-10(17-5)8-15-16(12)9(3)4/h8-9,11,13H,6-7,14H2,1-5H3. The Balaban J connectivity index is 3.06. The average molecular weight is 271 g/mol. The van der Waals surface area contributed by atoms with Gasteiger partial charge >= 0.3 is 0 Å². The Bertz CT molecular complexity index is 373. The van der Waals surface area contributed by atoms with E-state index >= 15 is 0 Å². The summed E-state index contributed by atoms with van der Waals surface area (Å²) in [7, 11) is 1.61. The number of methoxy groups -OCH3 is 1. The number of aromatic nitrogens is 2. The minimum absolute atomic E-state index is 0.189. The smallest absolute Gasteiger partial charge is 0.178 e. The fourth-order valence-electron chi connectivity index (χ4n) is 1.95. The van der Waals surface area contributed by atoms with Gasteiger partial charge in [0.2, 0.25) is 0 Å². The Morgan fingerprint density at radius 3 is 2.26 bits per heavy atom. The second-order valence-corrected chi connectivity index (χ2v) is 4.44. The predicted octanol–water partition coefficient (Wildman–Crippen LogP) is 1.87. The van der Waals surface area contributed by atoms with Crippen LogP contribution in [0.4, 0.5) is 0 Å². The summed E-state index contributed by atoms with van der Waals surface area (Å²) in [4.78, 5) is 0. The van der Waals surface area contributed by atoms with Crippen molar-refractivity contribution in [1.29, 1.82) is 0 Å². The largest absolute Gasteiger partial charge is 0.493 e. The van der Waals surface area contributed by atoms with Gasteiger partial charge in [0, 0.05) is 19.3 Å². The third kappa shape index (κ3) is 3.68. The molecular weight excluding hydrogens is 246 g/mol. The fraction of sp³-hybridized carbons (Fsp3) is 0.769. The van der Waals surface area contributed by atoms with Gasteiger partial charge in [0.05, 0.1) is 13.3 Å². The molecule has 1 aromatic rings. The van der Waals surface area contributed by atoms with Crippen LogP contribution in [0.15, 0.2) is 6.20 Å². The molecule has 0 fully saturated rings. The molecule has 0 aliphatic carbocycles. The van der Waals surface area contributed by atoms with Crippen molar-refractivity contribution in [2.45, 2.75) is 46.1 Å². The molecule has 1 atom stereocenters. The zero-order valence-corrected chi connectivity index (χ0v) is 12.4. The summed E-state index contributed by atoms with van der Waals surface area (Å²) in [5.74, 6) is 0.658. The van der Waals surface area contributed by atoms with Crippen LogP contribution in [0.2, 0.25) is 0 Å². The van der Waals surface area contributed by atoms with Gasteiger partial charge in [-0.15, -0.1) is 0 Å². The highest BCUT2D eigenvalue weighted by Gasteiger charge is 2.28. The molecule has 1 rings (SSSR count). The van der Waals surface area contributed by atoms with Gasteiger partial charge in [0.1, 0.15) is 11.7 Å². The van der Waals surface area contributed by atoms with E-state index in [9.17, 15) is 0 Å². The molecule has 6 nitrogen and oxygen atoms in total. The molecule has 0 spiro atoms. The molecular formula is C13H25N3O3. The fourth-order valence-corrected chi connectivity index (χ4v) is 1.95. The number of ether oxygens (including phenoxy) is 3. The van der Waals surface area contributed by atoms with E-state index in [2.05, 4.69) is 5.10 Å². The van der Waals surface area contributed by atoms with Gasteiger partial charge in [-0.25, -0.2) is 0 Å². The van der Waals surface area contributed by atoms with Gasteiger partial charge in [0.15, 0.2) is 12.0 Å². The second kappa shape index (κ2) is 7.47. The van der Waals surface area contributed by atoms with Gasteiger partial charge in [-0.3, -0.25) is 4.68 Å². The molecule has 110 valence electrons. The number of hydrogen-bond acceptors (Lipinski definition) is 5. The first-order chi connectivity index (χ1) is 9.06. The van der Waals surface area contributed by atoms with Gasteiger partial charge < -0.3 is 19.9 Å². The van der Waals surface area contributed by atoms with Crippen molar-refractivity contribution >= 4 is 0 Å². The summed E-state index contributed by atoms with van der Waals surface area (Å²) in [5, 5.41) is 4.31. The lowest BCUT2D eigenvalue weighted by atomic mass is 10.2. The summed E-state index contributed by atoms with van der Waals surface area (Å²) < 4.78 is 18.3. The Hall–Kier alpha value is -1.11. The van der Waals surface area contributed by atoms with Crippen LogP contribution in [-0.4, -0.2) is 36.4 Å². The minimum atomic E-state index is -0.502. The van der Waals surface area contributed by atoms with E-state index in [0.717, 1.165) is 5.69 Å². The highest BCUT2D eigenvalue weighted by molar-refractivity contribution is 5.29. The van der Waals surface area contributed by atoms with Crippen LogP contribution in [0, 0.1) is 0 Å². The lowest BCUT2D eigenvalue weighted by Gasteiger charge is -2.25. The van der Waals surface area contributed by atoms with E-state index in [1.807, 2.05) is 32.4 Å². The molecule has 0 radical (unpaired) electrons. The van der Waals surface area contributed by atoms with Crippen molar-refractivity contribution in [2.24, 2.45) is 5.73 Å². The molecule has 19 heavy (non-hydrogen) atoms. The van der Waals surface area contributed by atoms with E-state index in [1.165, 1.54) is 0 Å². The third-order valence-electron chi connectivity index (χ3n) is 2.78. The molecule has 0 amide bonds. The van der Waals surface area contributed by atoms with Gasteiger partial charge in [-0.05, 0) is 27.7 Å². The van der Waals surface area contributed by atoms with Crippen LogP contribution >= 0.6 is 0 Å². The van der Waals surface area contributed by atoms with Crippen LogP contribution < -0.4 is 10.5 Å². The normalized spacial score (nSPS) is 13.3. The zero-order chi connectivity index (χ0) is 14.4. The van der Waals surface area contributed by atoms with Crippen molar-refractivity contribution in [1.82, 2.24) is 9.78 Å². The van der Waals surface area contributed by atoms with Crippen molar-refractivity contribution in [3.8, 4) is 5.75 Å². The van der Waals surface area contributed by atoms with E-state index in [0.29, 0.717) is 19.0 Å². The molecule has 0 saturated carbocycles. The second-order valence-electron chi connectivity index (χ2n) is 4.44. The van der Waals surface area contributed by atoms with Crippen LogP contribution in [-0.2, 0) is 9.47 Å². The SMILES string of the molecule is CCOC(OCC)C(N)c1c(OC)cnn1C(C)C. The van der Waals surface area contributed by atoms with Crippen LogP contribution in [0.1, 0.15) is 45.5 Å². The van der Waals surface area contributed by atoms with Crippen molar-refractivity contribution < 1.29 is 14.2 Å². The molecule has 0 aliphatic rings. The highest BCUT2D eigenvalue weighted by Crippen LogP contribution is 2.29. The van der Waals surface area contributed by atoms with Crippen molar-refractivity contribution in [3.05, 3.63) is 11.9 Å². The molecule has 1 aromatic heterocycles. The lowest BCUT2D eigenvalue weighted by molar-refractivity contribution is -0.150. The van der Waals surface area contributed by atoms with Gasteiger partial charge in [0.25, 0.3) is 0 Å². The average Bonchev–Trinajstić information content (AvgIpc) is 2.81. The number of rotatable bonds is 8. The first-order valence-electron chi connectivity index (χ1n) is 6.66. The van der Waals surface area contributed by atoms with Crippen molar-refractivity contribution in [3.63, 3.8) is 0 Å². The van der Waals surface area contributed by atoms with Crippen LogP contribution in [0.5, 0.6) is 5.75 Å². The van der Waals surface area contributed by atoms with Crippen LogP contribution in [0.3, 0.4) is 0 Å². The van der Waals surface area contributed by atoms with E-state index in [1.54, 1.807) is 13.3 Å². The van der Waals surface area contributed by atoms with Crippen LogP contribution in [0.25, 0.3) is 0 Å². The highest BCUT2D eigenvalue weighted by atomic mass is 16.7. The first-order valence-corrected chi connectivity index (χ1v) is 6.66. The Labute approximate surface area is 114 Å². The third-order valence-corrected chi connectivity index (χ3v) is 2.78. The summed E-state index contributed by atoms with van der Waals surface area (Å²) in [5.41, 5.74) is 7.08. The van der Waals surface area contributed by atoms with E-state index in [4.69, 9.17) is 19.9 Å². The van der Waals surface area contributed by atoms with Gasteiger partial charge in [-0.1, -0.05) is 0 Å². The Kier molecular flexibility index (Phi) is 6.27. The maximum absolute atomic E-state index is 6.28. The predicted molar refractivity (Wildman–Crippen MR) is 73.1 cm³/mol. The Morgan fingerprint density at radius 1 is 1.26 bits per heavy atom. The Morgan fingerprint density at radius 2 is 1.84 bits per heavy atom. The summed E-state index contributed by atoms with van der Waals surface area (Å²) in [6, 6.07) is -0.256. The summed E-state index contributed by atoms with van der Waals surface area (Å²) >= 11 is 0. The molecule has 1 unspecified atom stereocenters. The number of nitrogens with zero attached hydrogens (tertiary/aromatic N) is 2. The number of nitrogens with two attached hydrogens (primary N) is 1. The van der Waals surface area contributed by atoms with Crippen molar-refractivity contribution in [2.75, 3.05) is 20.3 Å². The maximum atomic E-state index is 6.28. The minimum Gasteiger partial charge on any atom is -0.493 e. The summed E-state index contributed by atoms with van der Waals surface area (Å²) in [6.07, 6.45) is 1.17. The molecule has 0 saturated heterocycles. The van der Waals surface area contributed by atoms with Gasteiger partial charge in [-0.2, -0.15) is 5.10 Å². The van der Waals surface area contributed by atoms with E-state index in [-0.39, 0.29) is 6.04 Å². The lowest BCUT2D eigenvalue weighted by Crippen LogP contribution is -2.34. The first kappa shape index (κ1) is 15.9. The quantitative estimate of drug-likeness (QED) is 0.731.